The molecule has 1 saturated carbocycles. The average molecular weight is 549 g/mol. The van der Waals surface area contributed by atoms with Crippen molar-refractivity contribution < 1.29 is 8.42 Å². The predicted molar refractivity (Wildman–Crippen MR) is 147 cm³/mol. The summed E-state index contributed by atoms with van der Waals surface area (Å²) in [4.78, 5) is 40.4. The number of sulfonamides is 1. The highest BCUT2D eigenvalue weighted by atomic mass is 32.2. The molecule has 0 bridgehead atoms. The molecule has 202 valence electrons. The average Bonchev–Trinajstić information content (AvgIpc) is 3.77. The summed E-state index contributed by atoms with van der Waals surface area (Å²) in [5.74, 6) is 1.04. The summed E-state index contributed by atoms with van der Waals surface area (Å²) >= 11 is 0. The van der Waals surface area contributed by atoms with E-state index >= 15 is 0 Å². The molecule has 1 aliphatic carbocycles. The van der Waals surface area contributed by atoms with Crippen molar-refractivity contribution in [2.24, 2.45) is 4.40 Å². The number of nitrogens with two attached hydrogens (primary N) is 1. The van der Waals surface area contributed by atoms with Gasteiger partial charge in [-0.15, -0.1) is 0 Å². The zero-order valence-electron chi connectivity index (χ0n) is 21.8. The highest BCUT2D eigenvalue weighted by Gasteiger charge is 2.31. The number of nitrogen functional groups attached to an aromatic ring is 1. The normalized spacial score (nSPS) is 14.3. The standard InChI is InChI=1S/C25H28N10O3S/c1-5-13(2)35-23-18(12-30-21(34-23)19-14(3)31-25(26)33-20(19)15-6-7-15)32-22(24(35)36)29-10-16-8-9-17(11-28-16)39(37,38)27-4/h8-9,11-13,15H,4-7,10H2,1-3H3,(H,29,32)(H2,26,31,33). The molecular formula is C25H28N10O3S. The van der Waals surface area contributed by atoms with Gasteiger partial charge in [-0.3, -0.25) is 14.3 Å². The maximum atomic E-state index is 13.6. The van der Waals surface area contributed by atoms with E-state index in [4.69, 9.17) is 10.7 Å². The summed E-state index contributed by atoms with van der Waals surface area (Å²) in [5, 5.41) is 3.03. The zero-order valence-corrected chi connectivity index (χ0v) is 22.6. The molecule has 39 heavy (non-hydrogen) atoms. The topological polar surface area (TPSA) is 184 Å². The van der Waals surface area contributed by atoms with Crippen LogP contribution in [0.15, 0.2) is 38.6 Å². The summed E-state index contributed by atoms with van der Waals surface area (Å²) in [5.41, 5.74) is 9.19. The number of hydrogen-bond donors (Lipinski definition) is 2. The van der Waals surface area contributed by atoms with Crippen molar-refractivity contribution in [3.8, 4) is 11.4 Å². The molecule has 5 rings (SSSR count). The van der Waals surface area contributed by atoms with Crippen molar-refractivity contribution in [1.29, 1.82) is 0 Å². The smallest absolute Gasteiger partial charge is 0.295 e. The Bertz CT molecular complexity index is 1750. The molecule has 0 aliphatic heterocycles. The highest BCUT2D eigenvalue weighted by molar-refractivity contribution is 7.90. The maximum Gasteiger partial charge on any atom is 0.295 e. The van der Waals surface area contributed by atoms with Crippen LogP contribution in [0, 0.1) is 6.92 Å². The van der Waals surface area contributed by atoms with Crippen LogP contribution in [-0.2, 0) is 16.6 Å². The SMILES string of the molecule is C=NS(=O)(=O)c1ccc(CNc2nc3cnc(-c4c(C)nc(N)nc4C4CC4)nc3n(C(C)CC)c2=O)nc1. The molecule has 1 unspecified atom stereocenters. The van der Waals surface area contributed by atoms with Gasteiger partial charge in [-0.2, -0.15) is 12.8 Å². The summed E-state index contributed by atoms with van der Waals surface area (Å²) in [6, 6.07) is 2.74. The second-order valence-corrected chi connectivity index (χ2v) is 11.1. The second-order valence-electron chi connectivity index (χ2n) is 9.44. The summed E-state index contributed by atoms with van der Waals surface area (Å²) in [7, 11) is -3.83. The molecule has 1 aliphatic rings. The number of aryl methyl sites for hydroxylation is 1. The Morgan fingerprint density at radius 3 is 2.59 bits per heavy atom. The van der Waals surface area contributed by atoms with Gasteiger partial charge in [-0.1, -0.05) is 6.92 Å². The van der Waals surface area contributed by atoms with Crippen molar-refractivity contribution in [3.05, 3.63) is 52.0 Å². The van der Waals surface area contributed by atoms with Crippen LogP contribution in [0.1, 0.15) is 62.2 Å². The van der Waals surface area contributed by atoms with Gasteiger partial charge in [0.15, 0.2) is 17.3 Å². The van der Waals surface area contributed by atoms with E-state index < -0.39 is 10.0 Å². The van der Waals surface area contributed by atoms with Gasteiger partial charge in [0.2, 0.25) is 5.95 Å². The van der Waals surface area contributed by atoms with Crippen LogP contribution in [-0.4, -0.2) is 49.6 Å². The molecule has 0 spiro atoms. The van der Waals surface area contributed by atoms with Gasteiger partial charge in [0, 0.05) is 24.9 Å². The Morgan fingerprint density at radius 1 is 1.18 bits per heavy atom. The lowest BCUT2D eigenvalue weighted by Crippen LogP contribution is -2.28. The van der Waals surface area contributed by atoms with Crippen molar-refractivity contribution in [2.45, 2.75) is 63.4 Å². The minimum atomic E-state index is -3.83. The van der Waals surface area contributed by atoms with E-state index in [1.165, 1.54) is 18.3 Å². The van der Waals surface area contributed by atoms with Crippen LogP contribution >= 0.6 is 0 Å². The Hall–Kier alpha value is -4.33. The highest BCUT2D eigenvalue weighted by Crippen LogP contribution is 2.43. The molecule has 0 amide bonds. The predicted octanol–water partition coefficient (Wildman–Crippen LogP) is 2.78. The van der Waals surface area contributed by atoms with Gasteiger partial charge in [-0.05, 0) is 45.2 Å². The molecule has 1 atom stereocenters. The molecule has 4 aromatic rings. The van der Waals surface area contributed by atoms with Gasteiger partial charge < -0.3 is 11.1 Å². The van der Waals surface area contributed by atoms with Gasteiger partial charge in [0.1, 0.15) is 10.4 Å². The first-order valence-electron chi connectivity index (χ1n) is 12.5. The van der Waals surface area contributed by atoms with E-state index in [0.717, 1.165) is 24.1 Å². The Kier molecular flexibility index (Phi) is 6.80. The molecule has 0 saturated heterocycles. The number of nitrogens with zero attached hydrogens (tertiary/aromatic N) is 8. The van der Waals surface area contributed by atoms with E-state index in [9.17, 15) is 13.2 Å². The van der Waals surface area contributed by atoms with Gasteiger partial charge in [0.25, 0.3) is 15.6 Å². The van der Waals surface area contributed by atoms with Crippen molar-refractivity contribution in [1.82, 2.24) is 34.5 Å². The van der Waals surface area contributed by atoms with Gasteiger partial charge in [0.05, 0.1) is 35.4 Å². The molecule has 13 nitrogen and oxygen atoms in total. The molecular weight excluding hydrogens is 520 g/mol. The van der Waals surface area contributed by atoms with E-state index in [2.05, 4.69) is 41.4 Å². The van der Waals surface area contributed by atoms with Gasteiger partial charge >= 0.3 is 0 Å². The molecule has 14 heteroatoms. The number of pyridine rings is 1. The lowest BCUT2D eigenvalue weighted by atomic mass is 10.1. The van der Waals surface area contributed by atoms with Crippen molar-refractivity contribution >= 4 is 39.7 Å². The third-order valence-corrected chi connectivity index (χ3v) is 7.87. The Balaban J connectivity index is 1.54. The van der Waals surface area contributed by atoms with Crippen LogP contribution in [0.4, 0.5) is 11.8 Å². The summed E-state index contributed by atoms with van der Waals surface area (Å²) in [6.07, 6.45) is 5.50. The van der Waals surface area contributed by atoms with Crippen molar-refractivity contribution in [3.63, 3.8) is 0 Å². The first-order chi connectivity index (χ1) is 18.6. The van der Waals surface area contributed by atoms with E-state index in [-0.39, 0.29) is 34.8 Å². The molecule has 0 aromatic carbocycles. The van der Waals surface area contributed by atoms with Crippen LogP contribution in [0.5, 0.6) is 0 Å². The monoisotopic (exact) mass is 548 g/mol. The van der Waals surface area contributed by atoms with E-state index in [0.29, 0.717) is 40.7 Å². The second kappa shape index (κ2) is 10.1. The molecule has 1 fully saturated rings. The van der Waals surface area contributed by atoms with E-state index in [1.54, 1.807) is 10.8 Å². The lowest BCUT2D eigenvalue weighted by molar-refractivity contribution is 0.526. The summed E-state index contributed by atoms with van der Waals surface area (Å²) in [6.45, 7) is 8.99. The van der Waals surface area contributed by atoms with Gasteiger partial charge in [-0.25, -0.2) is 24.9 Å². The zero-order chi connectivity index (χ0) is 27.9. The van der Waals surface area contributed by atoms with E-state index in [1.807, 2.05) is 20.8 Å². The Labute approximate surface area is 224 Å². The molecule has 4 aromatic heterocycles. The third kappa shape index (κ3) is 5.06. The number of rotatable bonds is 9. The quantitative estimate of drug-likeness (QED) is 0.293. The largest absolute Gasteiger partial charge is 0.368 e. The fraction of sp³-hybridized carbons (Fsp3) is 0.360. The first kappa shape index (κ1) is 26.3. The molecule has 0 radical (unpaired) electrons. The maximum absolute atomic E-state index is 13.6. The minimum absolute atomic E-state index is 0.0660. The molecule has 4 heterocycles. The number of hydrogen-bond acceptors (Lipinski definition) is 11. The van der Waals surface area contributed by atoms with Crippen LogP contribution in [0.3, 0.4) is 0 Å². The van der Waals surface area contributed by atoms with Crippen LogP contribution < -0.4 is 16.6 Å². The molecule has 3 N–H and O–H groups in total. The fourth-order valence-corrected chi connectivity index (χ4v) is 4.87. The minimum Gasteiger partial charge on any atom is -0.368 e. The summed E-state index contributed by atoms with van der Waals surface area (Å²) < 4.78 is 28.4. The lowest BCUT2D eigenvalue weighted by Gasteiger charge is -2.18. The number of aromatic nitrogens is 7. The Morgan fingerprint density at radius 2 is 1.95 bits per heavy atom. The van der Waals surface area contributed by atoms with Crippen molar-refractivity contribution in [2.75, 3.05) is 11.1 Å². The number of anilines is 2. The van der Waals surface area contributed by atoms with Crippen LogP contribution in [0.25, 0.3) is 22.6 Å². The number of nitrogens with one attached hydrogen (secondary N) is 1. The third-order valence-electron chi connectivity index (χ3n) is 6.69. The first-order valence-corrected chi connectivity index (χ1v) is 13.9. The van der Waals surface area contributed by atoms with Crippen LogP contribution in [0.2, 0.25) is 0 Å². The number of fused-ring (bicyclic) bond motifs is 1. The fourth-order valence-electron chi connectivity index (χ4n) is 4.29.